The Morgan fingerprint density at radius 3 is 2.49 bits per heavy atom. The fourth-order valence-corrected chi connectivity index (χ4v) is 11.3. The van der Waals surface area contributed by atoms with Gasteiger partial charge in [-0.15, -0.1) is 0 Å². The van der Waals surface area contributed by atoms with Crippen LogP contribution in [0.2, 0.25) is 0 Å². The molecule has 2 aromatic carbocycles. The van der Waals surface area contributed by atoms with Crippen molar-refractivity contribution in [3.63, 3.8) is 0 Å². The van der Waals surface area contributed by atoms with Gasteiger partial charge in [-0.3, -0.25) is 14.5 Å². The fourth-order valence-electron chi connectivity index (χ4n) is 10.0. The van der Waals surface area contributed by atoms with Crippen molar-refractivity contribution in [2.45, 2.75) is 107 Å². The Morgan fingerprint density at radius 1 is 1.00 bits per heavy atom. The molecule has 2 saturated heterocycles. The molecule has 0 radical (unpaired) electrons. The summed E-state index contributed by atoms with van der Waals surface area (Å²) in [5.41, 5.74) is 5.48. The van der Waals surface area contributed by atoms with Crippen LogP contribution >= 0.6 is 0 Å². The molecule has 0 spiro atoms. The molecule has 9 rings (SSSR count). The van der Waals surface area contributed by atoms with E-state index < -0.39 is 26.6 Å². The Kier molecular flexibility index (Phi) is 7.30. The van der Waals surface area contributed by atoms with Gasteiger partial charge in [-0.25, -0.2) is 13.1 Å². The minimum absolute atomic E-state index is 0.0836. The minimum Gasteiger partial charge on any atom is -0.497 e. The summed E-state index contributed by atoms with van der Waals surface area (Å²) in [6, 6.07) is 12.8. The van der Waals surface area contributed by atoms with Crippen molar-refractivity contribution < 1.29 is 22.7 Å². The van der Waals surface area contributed by atoms with Gasteiger partial charge in [0.25, 0.3) is 5.91 Å². The number of nitrogens with zero attached hydrogens (tertiary/aromatic N) is 3. The van der Waals surface area contributed by atoms with Crippen molar-refractivity contribution >= 4 is 32.7 Å². The number of carbonyl (C=O) groups is 2. The monoisotopic (exact) mass is 684 g/mol. The predicted molar refractivity (Wildman–Crippen MR) is 189 cm³/mol. The number of rotatable bonds is 8. The van der Waals surface area contributed by atoms with Crippen molar-refractivity contribution in [2.24, 2.45) is 11.3 Å². The SMILES string of the molecule is COc1ccc2c(c1)C1CC1(C(=O)N1C[C@H]3C[C@@H]1CN3CC(C)C)Cn1c-2c(C2CCCCC2)c2ccc(C(=O)NS(=O)(=O)C3CC3)cc21. The third-order valence-corrected chi connectivity index (χ3v) is 14.4. The molecule has 2 amide bonds. The standard InChI is InChI=1S/C39H48N4O5S/c1-23(2)19-41-20-27-16-26(41)21-42(27)38(45)39-18-33(39)32-17-28(48-3)10-14-30(32)36-35(24-7-5-4-6-8-24)31-13-9-25(15-34(31)43(36)22-39)37(44)40-49(46,47)29-11-12-29/h9-10,13-15,17,23-24,26-27,29,33H,4-8,11-12,16,18-22H2,1-3H3,(H,40,44)/t26-,27-,33?,39?/m1/s1. The molecule has 2 unspecified atom stereocenters. The molecule has 3 saturated carbocycles. The van der Waals surface area contributed by atoms with Crippen molar-refractivity contribution in [2.75, 3.05) is 26.7 Å². The molecule has 6 aliphatic rings. The smallest absolute Gasteiger partial charge is 0.264 e. The second-order valence-electron chi connectivity index (χ2n) is 16.3. The summed E-state index contributed by atoms with van der Waals surface area (Å²) >= 11 is 0. The van der Waals surface area contributed by atoms with Gasteiger partial charge in [-0.2, -0.15) is 0 Å². The Hall–Kier alpha value is -3.37. The average Bonchev–Trinajstić information content (AvgIpc) is 3.98. The quantitative estimate of drug-likeness (QED) is 0.312. The first-order chi connectivity index (χ1) is 23.6. The number of likely N-dealkylation sites (tertiary alicyclic amines) is 2. The van der Waals surface area contributed by atoms with Crippen LogP contribution < -0.4 is 9.46 Å². The first kappa shape index (κ1) is 31.6. The summed E-state index contributed by atoms with van der Waals surface area (Å²) in [6.45, 7) is 7.89. The van der Waals surface area contributed by atoms with E-state index in [2.05, 4.69) is 45.1 Å². The Bertz CT molecular complexity index is 1980. The predicted octanol–water partition coefficient (Wildman–Crippen LogP) is 6.02. The number of ether oxygens (including phenoxy) is 1. The van der Waals surface area contributed by atoms with E-state index in [0.717, 1.165) is 73.2 Å². The lowest BCUT2D eigenvalue weighted by molar-refractivity contribution is -0.140. The topological polar surface area (TPSA) is 101 Å². The molecule has 5 fully saturated rings. The highest BCUT2D eigenvalue weighted by Crippen LogP contribution is 2.66. The molecule has 4 heterocycles. The summed E-state index contributed by atoms with van der Waals surface area (Å²) in [7, 11) is -1.99. The average molecular weight is 685 g/mol. The molecule has 3 aromatic rings. The normalized spacial score (nSPS) is 27.9. The number of methoxy groups -OCH3 is 1. The lowest BCUT2D eigenvalue weighted by Crippen LogP contribution is -2.52. The van der Waals surface area contributed by atoms with Gasteiger partial charge >= 0.3 is 0 Å². The molecule has 49 heavy (non-hydrogen) atoms. The summed E-state index contributed by atoms with van der Waals surface area (Å²) in [5, 5.41) is 0.628. The third-order valence-electron chi connectivity index (χ3n) is 12.6. The Labute approximate surface area is 289 Å². The van der Waals surface area contributed by atoms with Gasteiger partial charge in [-0.1, -0.05) is 39.2 Å². The van der Waals surface area contributed by atoms with Crippen LogP contribution in [-0.2, 0) is 21.4 Å². The number of amides is 2. The van der Waals surface area contributed by atoms with Gasteiger partial charge in [0.1, 0.15) is 5.75 Å². The van der Waals surface area contributed by atoms with Crippen molar-refractivity contribution in [3.8, 4) is 17.0 Å². The molecule has 1 N–H and O–H groups in total. The highest BCUT2D eigenvalue weighted by molar-refractivity contribution is 7.91. The number of nitrogens with one attached hydrogen (secondary N) is 1. The van der Waals surface area contributed by atoms with Crippen molar-refractivity contribution in [1.82, 2.24) is 19.1 Å². The van der Waals surface area contributed by atoms with Gasteiger partial charge in [0.2, 0.25) is 15.9 Å². The van der Waals surface area contributed by atoms with Crippen LogP contribution in [0.1, 0.15) is 105 Å². The maximum atomic E-state index is 15.0. The minimum atomic E-state index is -3.69. The number of fused-ring (bicyclic) bond motifs is 9. The highest BCUT2D eigenvalue weighted by Gasteiger charge is 2.65. The van der Waals surface area contributed by atoms with E-state index >= 15 is 0 Å². The maximum Gasteiger partial charge on any atom is 0.264 e. The number of piperazine rings is 1. The second-order valence-corrected chi connectivity index (χ2v) is 18.3. The van der Waals surface area contributed by atoms with Crippen LogP contribution in [0.3, 0.4) is 0 Å². The van der Waals surface area contributed by atoms with Crippen LogP contribution in [0.15, 0.2) is 36.4 Å². The summed E-state index contributed by atoms with van der Waals surface area (Å²) in [4.78, 5) is 33.2. The maximum absolute atomic E-state index is 15.0. The molecular weight excluding hydrogens is 637 g/mol. The molecule has 260 valence electrons. The molecule has 2 bridgehead atoms. The molecular formula is C39H48N4O5S. The van der Waals surface area contributed by atoms with Crippen molar-refractivity contribution in [3.05, 3.63) is 53.1 Å². The van der Waals surface area contributed by atoms with E-state index in [-0.39, 0.29) is 17.9 Å². The van der Waals surface area contributed by atoms with E-state index in [1.54, 1.807) is 13.2 Å². The zero-order chi connectivity index (χ0) is 33.8. The number of hydrogen-bond donors (Lipinski definition) is 1. The fraction of sp³-hybridized carbons (Fsp3) is 0.590. The number of benzene rings is 2. The lowest BCUT2D eigenvalue weighted by atomic mass is 9.81. The number of sulfonamides is 1. The Balaban J connectivity index is 1.17. The first-order valence-electron chi connectivity index (χ1n) is 18.5. The van der Waals surface area contributed by atoms with Crippen LogP contribution in [0.25, 0.3) is 22.2 Å². The van der Waals surface area contributed by atoms with E-state index in [0.29, 0.717) is 42.8 Å². The van der Waals surface area contributed by atoms with Gasteiger partial charge < -0.3 is 14.2 Å². The molecule has 3 aliphatic carbocycles. The number of aromatic nitrogens is 1. The second kappa shape index (κ2) is 11.3. The Morgan fingerprint density at radius 2 is 1.80 bits per heavy atom. The molecule has 4 atom stereocenters. The van der Waals surface area contributed by atoms with Gasteiger partial charge in [0.05, 0.1) is 23.5 Å². The largest absolute Gasteiger partial charge is 0.497 e. The van der Waals surface area contributed by atoms with E-state index in [9.17, 15) is 18.0 Å². The van der Waals surface area contributed by atoms with Crippen LogP contribution in [0, 0.1) is 11.3 Å². The van der Waals surface area contributed by atoms with Crippen molar-refractivity contribution in [1.29, 1.82) is 0 Å². The third kappa shape index (κ3) is 5.06. The van der Waals surface area contributed by atoms with Crippen LogP contribution in [0.4, 0.5) is 0 Å². The van der Waals surface area contributed by atoms with E-state index in [1.807, 2.05) is 18.2 Å². The zero-order valence-electron chi connectivity index (χ0n) is 28.9. The van der Waals surface area contributed by atoms with E-state index in [1.165, 1.54) is 30.4 Å². The summed E-state index contributed by atoms with van der Waals surface area (Å²) in [6.07, 6.45) is 8.84. The highest BCUT2D eigenvalue weighted by atomic mass is 32.2. The summed E-state index contributed by atoms with van der Waals surface area (Å²) in [5.74, 6) is 1.54. The lowest BCUT2D eigenvalue weighted by Gasteiger charge is -2.37. The molecule has 10 heteroatoms. The number of hydrogen-bond acceptors (Lipinski definition) is 6. The van der Waals surface area contributed by atoms with E-state index in [4.69, 9.17) is 4.74 Å². The first-order valence-corrected chi connectivity index (χ1v) is 20.1. The summed E-state index contributed by atoms with van der Waals surface area (Å²) < 4.78 is 35.9. The zero-order valence-corrected chi connectivity index (χ0v) is 29.7. The van der Waals surface area contributed by atoms with Gasteiger partial charge in [0, 0.05) is 66.2 Å². The van der Waals surface area contributed by atoms with Gasteiger partial charge in [0.15, 0.2) is 0 Å². The molecule has 9 nitrogen and oxygen atoms in total. The van der Waals surface area contributed by atoms with Gasteiger partial charge in [-0.05, 0) is 91.8 Å². The van der Waals surface area contributed by atoms with Crippen LogP contribution in [0.5, 0.6) is 5.75 Å². The number of carbonyl (C=O) groups excluding carboxylic acids is 2. The molecule has 3 aliphatic heterocycles. The molecule has 1 aromatic heterocycles. The van der Waals surface area contributed by atoms with Crippen LogP contribution in [-0.4, -0.2) is 78.7 Å².